The number of nitrogens with one attached hydrogen (secondary N) is 1. The molecule has 1 aliphatic rings. The second kappa shape index (κ2) is 9.79. The van der Waals surface area contributed by atoms with E-state index in [4.69, 9.17) is 16.6 Å². The zero-order valence-corrected chi connectivity index (χ0v) is 18.1. The van der Waals surface area contributed by atoms with Gasteiger partial charge in [0.05, 0.1) is 16.7 Å². The number of rotatable bonds is 7. The van der Waals surface area contributed by atoms with E-state index in [2.05, 4.69) is 12.2 Å². The van der Waals surface area contributed by atoms with Crippen molar-refractivity contribution in [3.8, 4) is 0 Å². The molecule has 0 spiro atoms. The predicted octanol–water partition coefficient (Wildman–Crippen LogP) is 4.95. The normalized spacial score (nSPS) is 16.2. The molecule has 28 heavy (non-hydrogen) atoms. The summed E-state index contributed by atoms with van der Waals surface area (Å²) in [6.45, 7) is 4.12. The first-order valence-corrected chi connectivity index (χ1v) is 11.5. The summed E-state index contributed by atoms with van der Waals surface area (Å²) in [6, 6.07) is 5.50. The van der Waals surface area contributed by atoms with Crippen molar-refractivity contribution in [3.63, 3.8) is 0 Å². The van der Waals surface area contributed by atoms with Crippen molar-refractivity contribution in [2.24, 2.45) is 0 Å². The lowest BCUT2D eigenvalue weighted by Gasteiger charge is -2.26. The van der Waals surface area contributed by atoms with Gasteiger partial charge in [-0.05, 0) is 44.4 Å². The minimum atomic E-state index is -0.0316. The Morgan fingerprint density at radius 3 is 2.82 bits per heavy atom. The van der Waals surface area contributed by atoms with Gasteiger partial charge in [-0.2, -0.15) is 0 Å². The van der Waals surface area contributed by atoms with Crippen LogP contribution < -0.4 is 10.9 Å². The first-order chi connectivity index (χ1) is 13.5. The van der Waals surface area contributed by atoms with Gasteiger partial charge in [-0.3, -0.25) is 14.2 Å². The molecule has 2 aromatic rings. The largest absolute Gasteiger partial charge is 0.353 e. The molecule has 1 aromatic heterocycles. The van der Waals surface area contributed by atoms with Crippen molar-refractivity contribution < 1.29 is 4.79 Å². The SMILES string of the molecule is CCCC(C)NC(=O)CSc1nc2cc(Cl)ccc2c(=O)n1C1CCCCC1. The topological polar surface area (TPSA) is 64.0 Å². The van der Waals surface area contributed by atoms with Gasteiger partial charge in [0, 0.05) is 17.1 Å². The molecule has 0 aliphatic heterocycles. The number of amides is 1. The Morgan fingerprint density at radius 2 is 2.11 bits per heavy atom. The molecule has 0 saturated heterocycles. The molecule has 5 nitrogen and oxygen atoms in total. The summed E-state index contributed by atoms with van der Waals surface area (Å²) in [5.74, 6) is 0.223. The number of hydrogen-bond acceptors (Lipinski definition) is 4. The van der Waals surface area contributed by atoms with E-state index >= 15 is 0 Å². The van der Waals surface area contributed by atoms with Crippen LogP contribution in [-0.4, -0.2) is 27.3 Å². The summed E-state index contributed by atoms with van der Waals surface area (Å²) in [7, 11) is 0. The quantitative estimate of drug-likeness (QED) is 0.507. The van der Waals surface area contributed by atoms with Crippen molar-refractivity contribution in [2.45, 2.75) is 76.0 Å². The fourth-order valence-corrected chi connectivity index (χ4v) is 4.91. The summed E-state index contributed by atoms with van der Waals surface area (Å²) in [5, 5.41) is 4.77. The average molecular weight is 422 g/mol. The van der Waals surface area contributed by atoms with E-state index in [9.17, 15) is 9.59 Å². The summed E-state index contributed by atoms with van der Waals surface area (Å²) >= 11 is 7.45. The molecule has 1 heterocycles. The maximum absolute atomic E-state index is 13.2. The van der Waals surface area contributed by atoms with Crippen molar-refractivity contribution in [1.29, 1.82) is 0 Å². The molecular formula is C21H28ClN3O2S. The first-order valence-electron chi connectivity index (χ1n) is 10.1. The summed E-state index contributed by atoms with van der Waals surface area (Å²) in [6.07, 6.45) is 7.40. The molecule has 1 fully saturated rings. The van der Waals surface area contributed by atoms with E-state index in [0.717, 1.165) is 38.5 Å². The van der Waals surface area contributed by atoms with Gasteiger partial charge < -0.3 is 5.32 Å². The molecular weight excluding hydrogens is 394 g/mol. The Morgan fingerprint density at radius 1 is 1.36 bits per heavy atom. The van der Waals surface area contributed by atoms with Gasteiger partial charge in [0.2, 0.25) is 5.91 Å². The highest BCUT2D eigenvalue weighted by Crippen LogP contribution is 2.31. The van der Waals surface area contributed by atoms with Gasteiger partial charge in [-0.25, -0.2) is 4.98 Å². The third kappa shape index (κ3) is 5.09. The molecule has 1 aliphatic carbocycles. The van der Waals surface area contributed by atoms with Crippen LogP contribution in [0.2, 0.25) is 5.02 Å². The van der Waals surface area contributed by atoms with E-state index in [1.165, 1.54) is 18.2 Å². The highest BCUT2D eigenvalue weighted by molar-refractivity contribution is 7.99. The molecule has 152 valence electrons. The lowest BCUT2D eigenvalue weighted by Crippen LogP contribution is -2.34. The molecule has 1 saturated carbocycles. The molecule has 0 bridgehead atoms. The van der Waals surface area contributed by atoms with E-state index in [-0.39, 0.29) is 29.3 Å². The molecule has 1 N–H and O–H groups in total. The Labute approximate surface area is 175 Å². The fraction of sp³-hybridized carbons (Fsp3) is 0.571. The number of thioether (sulfide) groups is 1. The lowest BCUT2D eigenvalue weighted by atomic mass is 9.95. The molecule has 3 rings (SSSR count). The number of carbonyl (C=O) groups excluding carboxylic acids is 1. The number of aromatic nitrogens is 2. The number of benzene rings is 1. The number of nitrogens with zero attached hydrogens (tertiary/aromatic N) is 2. The number of hydrogen-bond donors (Lipinski definition) is 1. The standard InChI is InChI=1S/C21H28ClN3O2S/c1-3-7-14(2)23-19(26)13-28-21-24-18-12-15(22)10-11-17(18)20(27)25(21)16-8-5-4-6-9-16/h10-12,14,16H,3-9,13H2,1-2H3,(H,23,26). The highest BCUT2D eigenvalue weighted by atomic mass is 35.5. The first kappa shape index (κ1) is 21.2. The van der Waals surface area contributed by atoms with Crippen molar-refractivity contribution >= 4 is 40.2 Å². The van der Waals surface area contributed by atoms with Gasteiger partial charge in [0.15, 0.2) is 5.16 Å². The fourth-order valence-electron chi connectivity index (χ4n) is 3.87. The second-order valence-electron chi connectivity index (χ2n) is 7.57. The summed E-state index contributed by atoms with van der Waals surface area (Å²) in [4.78, 5) is 30.3. The molecule has 7 heteroatoms. The van der Waals surface area contributed by atoms with Crippen LogP contribution in [0.1, 0.15) is 64.8 Å². The molecule has 1 aromatic carbocycles. The molecule has 1 unspecified atom stereocenters. The number of halogens is 1. The van der Waals surface area contributed by atoms with Crippen LogP contribution in [0.3, 0.4) is 0 Å². The third-order valence-corrected chi connectivity index (χ3v) is 6.42. The zero-order chi connectivity index (χ0) is 20.1. The lowest BCUT2D eigenvalue weighted by molar-refractivity contribution is -0.119. The Hall–Kier alpha value is -1.53. The zero-order valence-electron chi connectivity index (χ0n) is 16.5. The minimum absolute atomic E-state index is 0.0263. The second-order valence-corrected chi connectivity index (χ2v) is 8.95. The molecule has 1 atom stereocenters. The maximum atomic E-state index is 13.2. The number of carbonyl (C=O) groups is 1. The molecule has 1 amide bonds. The summed E-state index contributed by atoms with van der Waals surface area (Å²) in [5.41, 5.74) is 0.558. The molecule has 0 radical (unpaired) electrons. The van der Waals surface area contributed by atoms with Gasteiger partial charge in [0.1, 0.15) is 0 Å². The van der Waals surface area contributed by atoms with Gasteiger partial charge in [-0.1, -0.05) is 56.0 Å². The Bertz CT molecular complexity index is 893. The monoisotopic (exact) mass is 421 g/mol. The van der Waals surface area contributed by atoms with Crippen LogP contribution in [0.4, 0.5) is 0 Å². The minimum Gasteiger partial charge on any atom is -0.353 e. The van der Waals surface area contributed by atoms with Crippen molar-refractivity contribution in [1.82, 2.24) is 14.9 Å². The van der Waals surface area contributed by atoms with Crippen LogP contribution in [0, 0.1) is 0 Å². The average Bonchev–Trinajstić information content (AvgIpc) is 2.67. The smallest absolute Gasteiger partial charge is 0.262 e. The van der Waals surface area contributed by atoms with E-state index in [0.29, 0.717) is 21.1 Å². The Kier molecular flexibility index (Phi) is 7.41. The van der Waals surface area contributed by atoms with E-state index < -0.39 is 0 Å². The van der Waals surface area contributed by atoms with E-state index in [1.807, 2.05) is 11.5 Å². The Balaban J connectivity index is 1.90. The van der Waals surface area contributed by atoms with Crippen LogP contribution in [0.5, 0.6) is 0 Å². The number of fused-ring (bicyclic) bond motifs is 1. The maximum Gasteiger partial charge on any atom is 0.262 e. The van der Waals surface area contributed by atoms with E-state index in [1.54, 1.807) is 18.2 Å². The van der Waals surface area contributed by atoms with Gasteiger partial charge in [0.25, 0.3) is 5.56 Å². The van der Waals surface area contributed by atoms with Gasteiger partial charge >= 0.3 is 0 Å². The van der Waals surface area contributed by atoms with Crippen molar-refractivity contribution in [3.05, 3.63) is 33.6 Å². The van der Waals surface area contributed by atoms with Crippen LogP contribution in [0.25, 0.3) is 10.9 Å². The van der Waals surface area contributed by atoms with Crippen LogP contribution in [0.15, 0.2) is 28.2 Å². The third-order valence-electron chi connectivity index (χ3n) is 5.23. The van der Waals surface area contributed by atoms with Gasteiger partial charge in [-0.15, -0.1) is 0 Å². The summed E-state index contributed by atoms with van der Waals surface area (Å²) < 4.78 is 1.82. The van der Waals surface area contributed by atoms with Crippen molar-refractivity contribution in [2.75, 3.05) is 5.75 Å². The highest BCUT2D eigenvalue weighted by Gasteiger charge is 2.22. The van der Waals surface area contributed by atoms with Crippen LogP contribution in [-0.2, 0) is 4.79 Å². The van der Waals surface area contributed by atoms with Crippen LogP contribution >= 0.6 is 23.4 Å². The predicted molar refractivity (Wildman–Crippen MR) is 116 cm³/mol.